The lowest BCUT2D eigenvalue weighted by molar-refractivity contribution is 0.404. The topological polar surface area (TPSA) is 29.9 Å². The second-order valence-electron chi connectivity index (χ2n) is 5.79. The third-order valence-electron chi connectivity index (χ3n) is 4.31. The van der Waals surface area contributed by atoms with Crippen LogP contribution in [0.2, 0.25) is 0 Å². The first-order chi connectivity index (χ1) is 10.3. The van der Waals surface area contributed by atoms with Gasteiger partial charge in [0.2, 0.25) is 0 Å². The molecule has 0 bridgehead atoms. The molecule has 1 aliphatic rings. The Labute approximate surface area is 134 Å². The molecule has 0 saturated carbocycles. The molecule has 2 unspecified atom stereocenters. The minimum atomic E-state index is 0.533. The van der Waals surface area contributed by atoms with Crippen LogP contribution in [-0.2, 0) is 6.54 Å². The molecule has 1 aromatic heterocycles. The van der Waals surface area contributed by atoms with Gasteiger partial charge in [-0.15, -0.1) is 0 Å². The largest absolute Gasteiger partial charge is 0.316 e. The fraction of sp³-hybridized carbons (Fsp3) is 0.471. The highest BCUT2D eigenvalue weighted by Crippen LogP contribution is 2.37. The highest BCUT2D eigenvalue weighted by atomic mass is 79.9. The maximum Gasteiger partial charge on any atom is 0.0524 e. The van der Waals surface area contributed by atoms with Gasteiger partial charge in [0, 0.05) is 29.7 Å². The fourth-order valence-electron chi connectivity index (χ4n) is 3.24. The first kappa shape index (κ1) is 14.8. The molecule has 1 aromatic carbocycles. The molecular weight excluding hydrogens is 326 g/mol. The molecule has 1 N–H and O–H groups in total. The van der Waals surface area contributed by atoms with Crippen LogP contribution in [-0.4, -0.2) is 22.9 Å². The van der Waals surface area contributed by atoms with E-state index in [0.717, 1.165) is 30.5 Å². The third kappa shape index (κ3) is 3.38. The van der Waals surface area contributed by atoms with Gasteiger partial charge in [-0.05, 0) is 48.6 Å². The Morgan fingerprint density at radius 3 is 2.81 bits per heavy atom. The number of aromatic nitrogens is 2. The van der Waals surface area contributed by atoms with E-state index >= 15 is 0 Å². The standard InChI is InChI=1S/C17H22BrN3/c1-2-9-21-12-14(10-20-21)16-7-8-19-11-17(16)13-3-5-15(18)6-4-13/h3-6,10,12,16-17,19H,2,7-9,11H2,1H3. The number of hydrogen-bond acceptors (Lipinski definition) is 2. The van der Waals surface area contributed by atoms with Gasteiger partial charge in [0.05, 0.1) is 6.20 Å². The molecule has 3 rings (SSSR count). The van der Waals surface area contributed by atoms with Crippen molar-refractivity contribution in [3.63, 3.8) is 0 Å². The number of aryl methyl sites for hydroxylation is 1. The van der Waals surface area contributed by atoms with E-state index in [0.29, 0.717) is 11.8 Å². The lowest BCUT2D eigenvalue weighted by atomic mass is 9.78. The molecule has 0 radical (unpaired) electrons. The smallest absolute Gasteiger partial charge is 0.0524 e. The maximum absolute atomic E-state index is 4.51. The normalized spacial score (nSPS) is 22.4. The summed E-state index contributed by atoms with van der Waals surface area (Å²) in [5.74, 6) is 1.10. The number of piperidine rings is 1. The monoisotopic (exact) mass is 347 g/mol. The second kappa shape index (κ2) is 6.75. The highest BCUT2D eigenvalue weighted by Gasteiger charge is 2.28. The van der Waals surface area contributed by atoms with Gasteiger partial charge in [0.1, 0.15) is 0 Å². The van der Waals surface area contributed by atoms with Crippen molar-refractivity contribution in [3.8, 4) is 0 Å². The molecule has 1 fully saturated rings. The average Bonchev–Trinajstić information content (AvgIpc) is 2.97. The molecule has 0 amide bonds. The van der Waals surface area contributed by atoms with Crippen LogP contribution in [0.1, 0.15) is 42.7 Å². The van der Waals surface area contributed by atoms with Crippen LogP contribution >= 0.6 is 15.9 Å². The van der Waals surface area contributed by atoms with Gasteiger partial charge in [-0.3, -0.25) is 4.68 Å². The van der Waals surface area contributed by atoms with Crippen molar-refractivity contribution in [2.45, 2.75) is 38.1 Å². The number of halogens is 1. The minimum Gasteiger partial charge on any atom is -0.316 e. The van der Waals surface area contributed by atoms with Crippen molar-refractivity contribution in [3.05, 3.63) is 52.3 Å². The van der Waals surface area contributed by atoms with Gasteiger partial charge in [0.15, 0.2) is 0 Å². The summed E-state index contributed by atoms with van der Waals surface area (Å²) >= 11 is 3.52. The van der Waals surface area contributed by atoms with Gasteiger partial charge in [-0.25, -0.2) is 0 Å². The second-order valence-corrected chi connectivity index (χ2v) is 6.71. The summed E-state index contributed by atoms with van der Waals surface area (Å²) in [4.78, 5) is 0. The van der Waals surface area contributed by atoms with E-state index in [1.807, 2.05) is 0 Å². The Morgan fingerprint density at radius 1 is 1.24 bits per heavy atom. The zero-order valence-electron chi connectivity index (χ0n) is 12.4. The molecular formula is C17H22BrN3. The molecule has 0 aliphatic carbocycles. The lowest BCUT2D eigenvalue weighted by Gasteiger charge is -2.32. The summed E-state index contributed by atoms with van der Waals surface area (Å²) in [6, 6.07) is 8.76. The Hall–Kier alpha value is -1.13. The number of hydrogen-bond donors (Lipinski definition) is 1. The van der Waals surface area contributed by atoms with Gasteiger partial charge in [-0.2, -0.15) is 5.10 Å². The summed E-state index contributed by atoms with van der Waals surface area (Å²) in [5.41, 5.74) is 2.80. The third-order valence-corrected chi connectivity index (χ3v) is 4.84. The molecule has 4 heteroatoms. The summed E-state index contributed by atoms with van der Waals surface area (Å²) in [6.45, 7) is 5.34. The highest BCUT2D eigenvalue weighted by molar-refractivity contribution is 9.10. The summed E-state index contributed by atoms with van der Waals surface area (Å²) in [6.07, 6.45) is 6.62. The molecule has 21 heavy (non-hydrogen) atoms. The Balaban J connectivity index is 1.84. The molecule has 112 valence electrons. The summed E-state index contributed by atoms with van der Waals surface area (Å²) in [7, 11) is 0. The zero-order chi connectivity index (χ0) is 14.7. The predicted molar refractivity (Wildman–Crippen MR) is 89.6 cm³/mol. The summed E-state index contributed by atoms with van der Waals surface area (Å²) in [5, 5.41) is 8.05. The summed E-state index contributed by atoms with van der Waals surface area (Å²) < 4.78 is 3.22. The number of nitrogens with zero attached hydrogens (tertiary/aromatic N) is 2. The van der Waals surface area contributed by atoms with E-state index in [2.05, 4.69) is 74.6 Å². The van der Waals surface area contributed by atoms with Crippen LogP contribution in [0.25, 0.3) is 0 Å². The van der Waals surface area contributed by atoms with Crippen molar-refractivity contribution in [2.75, 3.05) is 13.1 Å². The zero-order valence-corrected chi connectivity index (χ0v) is 14.0. The quantitative estimate of drug-likeness (QED) is 0.908. The van der Waals surface area contributed by atoms with Crippen molar-refractivity contribution in [1.82, 2.24) is 15.1 Å². The van der Waals surface area contributed by atoms with E-state index in [1.165, 1.54) is 17.5 Å². The number of nitrogens with one attached hydrogen (secondary N) is 1. The van der Waals surface area contributed by atoms with E-state index in [-0.39, 0.29) is 0 Å². The van der Waals surface area contributed by atoms with Crippen molar-refractivity contribution >= 4 is 15.9 Å². The minimum absolute atomic E-state index is 0.533. The molecule has 3 nitrogen and oxygen atoms in total. The molecule has 1 aliphatic heterocycles. The molecule has 1 saturated heterocycles. The number of benzene rings is 1. The van der Waals surface area contributed by atoms with Crippen LogP contribution in [0.15, 0.2) is 41.1 Å². The van der Waals surface area contributed by atoms with E-state index in [1.54, 1.807) is 0 Å². The van der Waals surface area contributed by atoms with Crippen LogP contribution < -0.4 is 5.32 Å². The first-order valence-corrected chi connectivity index (χ1v) is 8.55. The SMILES string of the molecule is CCCn1cc(C2CCNCC2c2ccc(Br)cc2)cn1. The van der Waals surface area contributed by atoms with Crippen LogP contribution in [0.3, 0.4) is 0 Å². The van der Waals surface area contributed by atoms with Crippen LogP contribution in [0, 0.1) is 0 Å². The Morgan fingerprint density at radius 2 is 2.05 bits per heavy atom. The van der Waals surface area contributed by atoms with Gasteiger partial charge < -0.3 is 5.32 Å². The van der Waals surface area contributed by atoms with Crippen molar-refractivity contribution in [2.24, 2.45) is 0 Å². The molecule has 2 aromatic rings. The van der Waals surface area contributed by atoms with E-state index in [4.69, 9.17) is 0 Å². The van der Waals surface area contributed by atoms with E-state index in [9.17, 15) is 0 Å². The van der Waals surface area contributed by atoms with E-state index < -0.39 is 0 Å². The Bertz CT molecular complexity index is 576. The average molecular weight is 348 g/mol. The lowest BCUT2D eigenvalue weighted by Crippen LogP contribution is -2.33. The van der Waals surface area contributed by atoms with Crippen molar-refractivity contribution < 1.29 is 0 Å². The molecule has 0 spiro atoms. The maximum atomic E-state index is 4.51. The first-order valence-electron chi connectivity index (χ1n) is 7.76. The predicted octanol–water partition coefficient (Wildman–Crippen LogP) is 3.92. The molecule has 2 atom stereocenters. The van der Waals surface area contributed by atoms with Gasteiger partial charge in [-0.1, -0.05) is 35.0 Å². The van der Waals surface area contributed by atoms with Crippen molar-refractivity contribution in [1.29, 1.82) is 0 Å². The van der Waals surface area contributed by atoms with Gasteiger partial charge >= 0.3 is 0 Å². The van der Waals surface area contributed by atoms with Crippen LogP contribution in [0.4, 0.5) is 0 Å². The molecule has 2 heterocycles. The fourth-order valence-corrected chi connectivity index (χ4v) is 3.50. The van der Waals surface area contributed by atoms with Gasteiger partial charge in [0.25, 0.3) is 0 Å². The van der Waals surface area contributed by atoms with Crippen LogP contribution in [0.5, 0.6) is 0 Å². The number of rotatable bonds is 4. The Kier molecular flexibility index (Phi) is 4.76.